The fourth-order valence-corrected chi connectivity index (χ4v) is 1.95. The number of benzene rings is 1. The lowest BCUT2D eigenvalue weighted by Gasteiger charge is -2.11. The maximum Gasteiger partial charge on any atom is 0.293 e. The summed E-state index contributed by atoms with van der Waals surface area (Å²) in [5.41, 5.74) is 1.47. The molecule has 0 aliphatic carbocycles. The van der Waals surface area contributed by atoms with Crippen LogP contribution in [0.1, 0.15) is 30.6 Å². The number of nitrogens with zero attached hydrogens (tertiary/aromatic N) is 2. The average Bonchev–Trinajstić information content (AvgIpc) is 2.81. The maximum atomic E-state index is 11.3. The van der Waals surface area contributed by atoms with Crippen molar-refractivity contribution in [2.75, 3.05) is 11.9 Å². The first kappa shape index (κ1) is 14.0. The predicted octanol–water partition coefficient (Wildman–Crippen LogP) is 2.37. The zero-order valence-corrected chi connectivity index (χ0v) is 11.3. The summed E-state index contributed by atoms with van der Waals surface area (Å²) < 4.78 is 0. The molecular weight excluding hydrogens is 262 g/mol. The average molecular weight is 277 g/mol. The van der Waals surface area contributed by atoms with Gasteiger partial charge in [-0.3, -0.25) is 14.9 Å². The van der Waals surface area contributed by atoms with E-state index in [0.29, 0.717) is 24.2 Å². The van der Waals surface area contributed by atoms with Gasteiger partial charge in [0.2, 0.25) is 0 Å². The van der Waals surface area contributed by atoms with E-state index >= 15 is 0 Å². The smallest absolute Gasteiger partial charge is 0.293 e. The molecule has 0 bridgehead atoms. The minimum atomic E-state index is -0.508. The molecule has 1 aromatic rings. The Balaban J connectivity index is 2.11. The molecule has 1 heterocycles. The monoisotopic (exact) mass is 277 g/mol. The van der Waals surface area contributed by atoms with Crippen LogP contribution in [0.4, 0.5) is 11.4 Å². The van der Waals surface area contributed by atoms with Crippen LogP contribution < -0.4 is 5.32 Å². The van der Waals surface area contributed by atoms with Gasteiger partial charge in [-0.25, -0.2) is 0 Å². The number of carbonyl (C=O) groups is 1. The molecule has 7 nitrogen and oxygen atoms in total. The van der Waals surface area contributed by atoms with Gasteiger partial charge in [0.1, 0.15) is 11.8 Å². The number of Topliss-reactive ketones (excluding diaryl/α,β-unsaturated/α-hetero) is 1. The zero-order chi connectivity index (χ0) is 14.7. The van der Waals surface area contributed by atoms with E-state index in [2.05, 4.69) is 10.5 Å². The van der Waals surface area contributed by atoms with Crippen LogP contribution in [0.5, 0.6) is 0 Å². The van der Waals surface area contributed by atoms with E-state index in [0.717, 1.165) is 5.71 Å². The highest BCUT2D eigenvalue weighted by molar-refractivity contribution is 5.95. The number of anilines is 1. The Labute approximate surface area is 115 Å². The fraction of sp³-hybridized carbons (Fsp3) is 0.385. The van der Waals surface area contributed by atoms with Gasteiger partial charge >= 0.3 is 0 Å². The Bertz CT molecular complexity index is 583. The van der Waals surface area contributed by atoms with Gasteiger partial charge in [0.05, 0.1) is 17.2 Å². The van der Waals surface area contributed by atoms with Crippen LogP contribution in [-0.2, 0) is 4.84 Å². The number of rotatable bonds is 5. The van der Waals surface area contributed by atoms with Gasteiger partial charge in [-0.1, -0.05) is 5.16 Å². The Kier molecular flexibility index (Phi) is 3.97. The topological polar surface area (TPSA) is 93.8 Å². The Morgan fingerprint density at radius 1 is 1.60 bits per heavy atom. The van der Waals surface area contributed by atoms with Crippen molar-refractivity contribution in [1.29, 1.82) is 0 Å². The third-order valence-corrected chi connectivity index (χ3v) is 3.00. The molecule has 0 spiro atoms. The largest absolute Gasteiger partial charge is 0.390 e. The lowest BCUT2D eigenvalue weighted by molar-refractivity contribution is -0.384. The van der Waals surface area contributed by atoms with Crippen LogP contribution in [-0.4, -0.2) is 29.1 Å². The van der Waals surface area contributed by atoms with Crippen molar-refractivity contribution in [3.05, 3.63) is 33.9 Å². The summed E-state index contributed by atoms with van der Waals surface area (Å²) in [6.07, 6.45) is 0.578. The van der Waals surface area contributed by atoms with E-state index in [1.807, 2.05) is 6.92 Å². The van der Waals surface area contributed by atoms with Gasteiger partial charge in [0.25, 0.3) is 5.69 Å². The third kappa shape index (κ3) is 3.11. The van der Waals surface area contributed by atoms with E-state index < -0.39 is 4.92 Å². The molecule has 106 valence electrons. The SMILES string of the molecule is CC(=O)c1ccc(NC[C@@H]2CC(C)=NO2)c([N+](=O)[O-])c1. The van der Waals surface area contributed by atoms with Crippen molar-refractivity contribution in [3.63, 3.8) is 0 Å². The normalized spacial score (nSPS) is 17.3. The molecule has 7 heteroatoms. The second-order valence-corrected chi connectivity index (χ2v) is 4.68. The van der Waals surface area contributed by atoms with E-state index in [1.165, 1.54) is 19.1 Å². The minimum Gasteiger partial charge on any atom is -0.390 e. The number of hydrogen-bond acceptors (Lipinski definition) is 6. The molecule has 20 heavy (non-hydrogen) atoms. The molecule has 0 amide bonds. The highest BCUT2D eigenvalue weighted by Gasteiger charge is 2.21. The fourth-order valence-electron chi connectivity index (χ4n) is 1.95. The van der Waals surface area contributed by atoms with Crippen LogP contribution in [0.3, 0.4) is 0 Å². The molecule has 1 N–H and O–H groups in total. The molecule has 1 aliphatic heterocycles. The molecule has 0 saturated carbocycles. The highest BCUT2D eigenvalue weighted by atomic mass is 16.6. The number of nitro benzene ring substituents is 1. The molecular formula is C13H15N3O4. The zero-order valence-electron chi connectivity index (χ0n) is 11.3. The molecule has 2 rings (SSSR count). The predicted molar refractivity (Wildman–Crippen MR) is 74.2 cm³/mol. The van der Waals surface area contributed by atoms with Gasteiger partial charge in [0, 0.05) is 18.1 Å². The van der Waals surface area contributed by atoms with Crippen molar-refractivity contribution in [2.24, 2.45) is 5.16 Å². The Morgan fingerprint density at radius 2 is 2.35 bits per heavy atom. The lowest BCUT2D eigenvalue weighted by atomic mass is 10.1. The van der Waals surface area contributed by atoms with Crippen LogP contribution in [0.15, 0.2) is 23.4 Å². The highest BCUT2D eigenvalue weighted by Crippen LogP contribution is 2.26. The Morgan fingerprint density at radius 3 is 2.90 bits per heavy atom. The van der Waals surface area contributed by atoms with Crippen molar-refractivity contribution in [2.45, 2.75) is 26.4 Å². The number of hydrogen-bond donors (Lipinski definition) is 1. The molecule has 0 unspecified atom stereocenters. The van der Waals surface area contributed by atoms with Crippen LogP contribution in [0.25, 0.3) is 0 Å². The molecule has 0 saturated heterocycles. The second kappa shape index (κ2) is 5.68. The van der Waals surface area contributed by atoms with Crippen molar-refractivity contribution in [1.82, 2.24) is 0 Å². The van der Waals surface area contributed by atoms with Gasteiger partial charge < -0.3 is 10.2 Å². The summed E-state index contributed by atoms with van der Waals surface area (Å²) in [4.78, 5) is 26.9. The van der Waals surface area contributed by atoms with Gasteiger partial charge in [-0.2, -0.15) is 0 Å². The molecule has 1 atom stereocenters. The van der Waals surface area contributed by atoms with Gasteiger partial charge in [-0.15, -0.1) is 0 Å². The summed E-state index contributed by atoms with van der Waals surface area (Å²) in [5, 5.41) is 17.8. The van der Waals surface area contributed by atoms with Gasteiger partial charge in [-0.05, 0) is 26.0 Å². The van der Waals surface area contributed by atoms with Crippen LogP contribution in [0, 0.1) is 10.1 Å². The van der Waals surface area contributed by atoms with E-state index in [9.17, 15) is 14.9 Å². The number of nitro groups is 1. The van der Waals surface area contributed by atoms with Crippen molar-refractivity contribution in [3.8, 4) is 0 Å². The minimum absolute atomic E-state index is 0.117. The van der Waals surface area contributed by atoms with E-state index in [4.69, 9.17) is 4.84 Å². The first-order chi connectivity index (χ1) is 9.47. The number of ketones is 1. The van der Waals surface area contributed by atoms with Crippen LogP contribution in [0.2, 0.25) is 0 Å². The van der Waals surface area contributed by atoms with Crippen molar-refractivity contribution >= 4 is 22.9 Å². The van der Waals surface area contributed by atoms with Crippen LogP contribution >= 0.6 is 0 Å². The van der Waals surface area contributed by atoms with Crippen molar-refractivity contribution < 1.29 is 14.6 Å². The first-order valence-electron chi connectivity index (χ1n) is 6.20. The maximum absolute atomic E-state index is 11.3. The number of nitrogens with one attached hydrogen (secondary N) is 1. The van der Waals surface area contributed by atoms with E-state index in [1.54, 1.807) is 6.07 Å². The number of carbonyl (C=O) groups excluding carboxylic acids is 1. The quantitative estimate of drug-likeness (QED) is 0.506. The molecule has 0 fully saturated rings. The lowest BCUT2D eigenvalue weighted by Crippen LogP contribution is -2.20. The molecule has 0 aromatic heterocycles. The van der Waals surface area contributed by atoms with E-state index in [-0.39, 0.29) is 17.6 Å². The molecule has 0 radical (unpaired) electrons. The first-order valence-corrected chi connectivity index (χ1v) is 6.20. The Hall–Kier alpha value is -2.44. The molecule has 1 aliphatic rings. The second-order valence-electron chi connectivity index (χ2n) is 4.68. The summed E-state index contributed by atoms with van der Waals surface area (Å²) in [5.74, 6) is -0.206. The summed E-state index contributed by atoms with van der Waals surface area (Å²) in [6.45, 7) is 3.66. The summed E-state index contributed by atoms with van der Waals surface area (Å²) >= 11 is 0. The molecule has 1 aromatic carbocycles. The number of oxime groups is 1. The summed E-state index contributed by atoms with van der Waals surface area (Å²) in [7, 11) is 0. The van der Waals surface area contributed by atoms with Gasteiger partial charge in [0.15, 0.2) is 5.78 Å². The third-order valence-electron chi connectivity index (χ3n) is 3.00. The summed E-state index contributed by atoms with van der Waals surface area (Å²) in [6, 6.07) is 4.38. The standard InChI is InChI=1S/C13H15N3O4/c1-8-5-11(20-15-8)7-14-12-4-3-10(9(2)17)6-13(12)16(18)19/h3-4,6,11,14H,5,7H2,1-2H3/t11-/m0/s1.